The highest BCUT2D eigenvalue weighted by Gasteiger charge is 2.12. The van der Waals surface area contributed by atoms with Crippen molar-refractivity contribution in [3.05, 3.63) is 59.5 Å². The SMILES string of the molecule is CCCNC(Cc1ccc(OC)nc1)c1cccc(F)c1. The summed E-state index contributed by atoms with van der Waals surface area (Å²) in [6.45, 7) is 3.01. The molecule has 0 spiro atoms. The van der Waals surface area contributed by atoms with Crippen LogP contribution in [0.2, 0.25) is 0 Å². The van der Waals surface area contributed by atoms with Gasteiger partial charge in [-0.05, 0) is 42.6 Å². The van der Waals surface area contributed by atoms with E-state index >= 15 is 0 Å². The quantitative estimate of drug-likeness (QED) is 0.846. The van der Waals surface area contributed by atoms with Crippen LogP contribution >= 0.6 is 0 Å². The normalized spacial score (nSPS) is 12.1. The Kier molecular flexibility index (Phi) is 5.69. The molecule has 1 N–H and O–H groups in total. The summed E-state index contributed by atoms with van der Waals surface area (Å²) in [5.74, 6) is 0.395. The Hall–Kier alpha value is -1.94. The summed E-state index contributed by atoms with van der Waals surface area (Å²) < 4.78 is 18.5. The van der Waals surface area contributed by atoms with Crippen LogP contribution in [0.15, 0.2) is 42.6 Å². The highest BCUT2D eigenvalue weighted by molar-refractivity contribution is 5.24. The lowest BCUT2D eigenvalue weighted by Crippen LogP contribution is -2.24. The van der Waals surface area contributed by atoms with Gasteiger partial charge in [0.05, 0.1) is 7.11 Å². The Morgan fingerprint density at radius 3 is 2.76 bits per heavy atom. The molecule has 0 saturated carbocycles. The first kappa shape index (κ1) is 15.4. The van der Waals surface area contributed by atoms with Crippen molar-refractivity contribution in [2.24, 2.45) is 0 Å². The van der Waals surface area contributed by atoms with Gasteiger partial charge in [0.25, 0.3) is 0 Å². The van der Waals surface area contributed by atoms with Crippen LogP contribution in [-0.4, -0.2) is 18.6 Å². The van der Waals surface area contributed by atoms with Gasteiger partial charge in [-0.15, -0.1) is 0 Å². The van der Waals surface area contributed by atoms with Crippen LogP contribution in [0.5, 0.6) is 5.88 Å². The number of pyridine rings is 1. The van der Waals surface area contributed by atoms with Gasteiger partial charge in [-0.25, -0.2) is 9.37 Å². The Morgan fingerprint density at radius 2 is 2.14 bits per heavy atom. The van der Waals surface area contributed by atoms with E-state index in [1.165, 1.54) is 6.07 Å². The third-order valence-corrected chi connectivity index (χ3v) is 3.34. The molecular weight excluding hydrogens is 267 g/mol. The van der Waals surface area contributed by atoms with Crippen molar-refractivity contribution in [1.29, 1.82) is 0 Å². The van der Waals surface area contributed by atoms with E-state index in [0.29, 0.717) is 5.88 Å². The second kappa shape index (κ2) is 7.74. The number of nitrogens with one attached hydrogen (secondary N) is 1. The van der Waals surface area contributed by atoms with E-state index < -0.39 is 0 Å². The van der Waals surface area contributed by atoms with Gasteiger partial charge in [0, 0.05) is 18.3 Å². The number of hydrogen-bond donors (Lipinski definition) is 1. The van der Waals surface area contributed by atoms with Crippen molar-refractivity contribution < 1.29 is 9.13 Å². The van der Waals surface area contributed by atoms with Crippen molar-refractivity contribution in [3.63, 3.8) is 0 Å². The zero-order chi connectivity index (χ0) is 15.1. The van der Waals surface area contributed by atoms with Gasteiger partial charge in [-0.3, -0.25) is 0 Å². The van der Waals surface area contributed by atoms with Crippen molar-refractivity contribution in [1.82, 2.24) is 10.3 Å². The largest absolute Gasteiger partial charge is 0.481 e. The molecule has 0 aliphatic rings. The average Bonchev–Trinajstić information content (AvgIpc) is 2.52. The molecule has 0 amide bonds. The molecule has 3 nitrogen and oxygen atoms in total. The highest BCUT2D eigenvalue weighted by atomic mass is 19.1. The summed E-state index contributed by atoms with van der Waals surface area (Å²) in [6, 6.07) is 10.7. The van der Waals surface area contributed by atoms with Gasteiger partial charge in [0.2, 0.25) is 5.88 Å². The molecule has 2 aromatic rings. The standard InChI is InChI=1S/C17H21FN2O/c1-3-9-19-16(14-5-4-6-15(18)11-14)10-13-7-8-17(21-2)20-12-13/h4-8,11-12,16,19H,3,9-10H2,1-2H3. The number of rotatable bonds is 7. The van der Waals surface area contributed by atoms with Gasteiger partial charge in [-0.1, -0.05) is 25.1 Å². The molecule has 0 bridgehead atoms. The first-order valence-electron chi connectivity index (χ1n) is 7.20. The summed E-state index contributed by atoms with van der Waals surface area (Å²) in [5, 5.41) is 3.46. The number of hydrogen-bond acceptors (Lipinski definition) is 3. The number of nitrogens with zero attached hydrogens (tertiary/aromatic N) is 1. The van der Waals surface area contributed by atoms with E-state index in [2.05, 4.69) is 17.2 Å². The zero-order valence-corrected chi connectivity index (χ0v) is 12.5. The fourth-order valence-corrected chi connectivity index (χ4v) is 2.24. The maximum atomic E-state index is 13.4. The van der Waals surface area contributed by atoms with Gasteiger partial charge >= 0.3 is 0 Å². The van der Waals surface area contributed by atoms with Crippen LogP contribution in [0.3, 0.4) is 0 Å². The Bertz CT molecular complexity index is 557. The minimum Gasteiger partial charge on any atom is -0.481 e. The fraction of sp³-hybridized carbons (Fsp3) is 0.353. The number of aromatic nitrogens is 1. The fourth-order valence-electron chi connectivity index (χ4n) is 2.24. The van der Waals surface area contributed by atoms with E-state index in [1.54, 1.807) is 25.4 Å². The summed E-state index contributed by atoms with van der Waals surface area (Å²) >= 11 is 0. The monoisotopic (exact) mass is 288 g/mol. The number of ether oxygens (including phenoxy) is 1. The van der Waals surface area contributed by atoms with Crippen molar-refractivity contribution in [3.8, 4) is 5.88 Å². The van der Waals surface area contributed by atoms with Gasteiger partial charge in [0.1, 0.15) is 5.82 Å². The molecular formula is C17H21FN2O. The lowest BCUT2D eigenvalue weighted by atomic mass is 9.99. The van der Waals surface area contributed by atoms with Crippen LogP contribution < -0.4 is 10.1 Å². The van der Waals surface area contributed by atoms with Gasteiger partial charge in [0.15, 0.2) is 0 Å². The molecule has 0 aliphatic heterocycles. The van der Waals surface area contributed by atoms with Crippen LogP contribution in [0.1, 0.15) is 30.5 Å². The number of methoxy groups -OCH3 is 1. The molecule has 0 radical (unpaired) electrons. The molecule has 21 heavy (non-hydrogen) atoms. The lowest BCUT2D eigenvalue weighted by molar-refractivity contribution is 0.397. The van der Waals surface area contributed by atoms with Crippen LogP contribution in [-0.2, 0) is 6.42 Å². The second-order valence-corrected chi connectivity index (χ2v) is 4.97. The average molecular weight is 288 g/mol. The molecule has 0 aliphatic carbocycles. The molecule has 1 aromatic heterocycles. The zero-order valence-electron chi connectivity index (χ0n) is 12.5. The molecule has 0 saturated heterocycles. The molecule has 1 unspecified atom stereocenters. The third-order valence-electron chi connectivity index (χ3n) is 3.34. The molecule has 1 atom stereocenters. The Balaban J connectivity index is 2.15. The third kappa shape index (κ3) is 4.53. The minimum atomic E-state index is -0.205. The number of benzene rings is 1. The first-order valence-corrected chi connectivity index (χ1v) is 7.20. The van der Waals surface area contributed by atoms with Crippen molar-refractivity contribution in [2.45, 2.75) is 25.8 Å². The van der Waals surface area contributed by atoms with Crippen LogP contribution in [0, 0.1) is 5.82 Å². The van der Waals surface area contributed by atoms with Gasteiger partial charge in [-0.2, -0.15) is 0 Å². The predicted molar refractivity (Wildman–Crippen MR) is 81.9 cm³/mol. The van der Waals surface area contributed by atoms with Crippen LogP contribution in [0.25, 0.3) is 0 Å². The Labute approximate surface area is 125 Å². The summed E-state index contributed by atoms with van der Waals surface area (Å²) in [7, 11) is 1.60. The summed E-state index contributed by atoms with van der Waals surface area (Å²) in [6.07, 6.45) is 3.60. The molecule has 1 heterocycles. The maximum absolute atomic E-state index is 13.4. The van der Waals surface area contributed by atoms with Crippen LogP contribution in [0.4, 0.5) is 4.39 Å². The van der Waals surface area contributed by atoms with E-state index in [9.17, 15) is 4.39 Å². The Morgan fingerprint density at radius 1 is 1.29 bits per heavy atom. The van der Waals surface area contributed by atoms with E-state index in [0.717, 1.165) is 30.5 Å². The smallest absolute Gasteiger partial charge is 0.212 e. The molecule has 4 heteroatoms. The van der Waals surface area contributed by atoms with Gasteiger partial charge < -0.3 is 10.1 Å². The molecule has 1 aromatic carbocycles. The van der Waals surface area contributed by atoms with Crippen molar-refractivity contribution >= 4 is 0 Å². The van der Waals surface area contributed by atoms with E-state index in [1.807, 2.05) is 18.2 Å². The van der Waals surface area contributed by atoms with Crippen molar-refractivity contribution in [2.75, 3.05) is 13.7 Å². The van der Waals surface area contributed by atoms with E-state index in [-0.39, 0.29) is 11.9 Å². The number of halogens is 1. The highest BCUT2D eigenvalue weighted by Crippen LogP contribution is 2.20. The summed E-state index contributed by atoms with van der Waals surface area (Å²) in [5.41, 5.74) is 2.05. The second-order valence-electron chi connectivity index (χ2n) is 4.97. The maximum Gasteiger partial charge on any atom is 0.212 e. The summed E-state index contributed by atoms with van der Waals surface area (Å²) in [4.78, 5) is 4.22. The lowest BCUT2D eigenvalue weighted by Gasteiger charge is -2.19. The molecule has 112 valence electrons. The van der Waals surface area contributed by atoms with E-state index in [4.69, 9.17) is 4.74 Å². The molecule has 0 fully saturated rings. The topological polar surface area (TPSA) is 34.1 Å². The molecule has 2 rings (SSSR count). The first-order chi connectivity index (χ1) is 10.2. The minimum absolute atomic E-state index is 0.0795. The predicted octanol–water partition coefficient (Wildman–Crippen LogP) is 3.51.